The normalized spacial score (nSPS) is 15.3. The standard InChI is InChI=1S/C22H30ClN3O3S/c1-5-24(15-17-8-9-19(23)30-17)20(27)18-7-6-12-26(18)16-10-13-25(14-11-16)21(28)29-22(2,3)4/h6-9,12,16H,5,10-11,13-15H2,1-4H3. The Morgan fingerprint density at radius 3 is 2.50 bits per heavy atom. The molecule has 0 saturated carbocycles. The number of likely N-dealkylation sites (tertiary alicyclic amines) is 1. The zero-order chi connectivity index (χ0) is 21.9. The van der Waals surface area contributed by atoms with E-state index >= 15 is 0 Å². The summed E-state index contributed by atoms with van der Waals surface area (Å²) in [7, 11) is 0. The van der Waals surface area contributed by atoms with E-state index in [1.54, 1.807) is 4.90 Å². The van der Waals surface area contributed by atoms with Crippen LogP contribution >= 0.6 is 22.9 Å². The number of piperidine rings is 1. The van der Waals surface area contributed by atoms with Gasteiger partial charge >= 0.3 is 6.09 Å². The molecular weight excluding hydrogens is 422 g/mol. The van der Waals surface area contributed by atoms with Crippen LogP contribution in [0.4, 0.5) is 4.79 Å². The van der Waals surface area contributed by atoms with Gasteiger partial charge in [-0.1, -0.05) is 11.6 Å². The van der Waals surface area contributed by atoms with Gasteiger partial charge in [0, 0.05) is 36.8 Å². The van der Waals surface area contributed by atoms with Gasteiger partial charge in [0.1, 0.15) is 11.3 Å². The van der Waals surface area contributed by atoms with Crippen molar-refractivity contribution < 1.29 is 14.3 Å². The highest BCUT2D eigenvalue weighted by molar-refractivity contribution is 7.16. The van der Waals surface area contributed by atoms with E-state index in [1.807, 2.05) is 63.1 Å². The molecule has 6 nitrogen and oxygen atoms in total. The van der Waals surface area contributed by atoms with Crippen molar-refractivity contribution in [2.24, 2.45) is 0 Å². The quantitative estimate of drug-likeness (QED) is 0.608. The third-order valence-corrected chi connectivity index (χ3v) is 6.37. The number of hydrogen-bond acceptors (Lipinski definition) is 4. The lowest BCUT2D eigenvalue weighted by Crippen LogP contribution is -2.42. The first-order valence-electron chi connectivity index (χ1n) is 10.4. The minimum Gasteiger partial charge on any atom is -0.444 e. The minimum atomic E-state index is -0.496. The molecule has 0 aliphatic carbocycles. The molecule has 0 atom stereocenters. The van der Waals surface area contributed by atoms with Crippen LogP contribution in [0.3, 0.4) is 0 Å². The molecule has 1 aliphatic rings. The molecule has 164 valence electrons. The van der Waals surface area contributed by atoms with E-state index in [1.165, 1.54) is 11.3 Å². The van der Waals surface area contributed by atoms with Crippen LogP contribution in [0.1, 0.15) is 61.9 Å². The van der Waals surface area contributed by atoms with Crippen molar-refractivity contribution in [1.82, 2.24) is 14.4 Å². The summed E-state index contributed by atoms with van der Waals surface area (Å²) >= 11 is 7.54. The van der Waals surface area contributed by atoms with E-state index in [4.69, 9.17) is 16.3 Å². The molecule has 0 unspecified atom stereocenters. The van der Waals surface area contributed by atoms with E-state index in [0.717, 1.165) is 22.1 Å². The minimum absolute atomic E-state index is 0.0154. The maximum absolute atomic E-state index is 13.2. The molecule has 1 saturated heterocycles. The van der Waals surface area contributed by atoms with Crippen LogP contribution in [-0.2, 0) is 11.3 Å². The van der Waals surface area contributed by atoms with Crippen LogP contribution in [-0.4, -0.2) is 51.6 Å². The maximum atomic E-state index is 13.2. The average molecular weight is 452 g/mol. The van der Waals surface area contributed by atoms with Gasteiger partial charge in [-0.15, -0.1) is 11.3 Å². The lowest BCUT2D eigenvalue weighted by atomic mass is 10.0. The molecule has 0 spiro atoms. The van der Waals surface area contributed by atoms with Crippen molar-refractivity contribution >= 4 is 34.9 Å². The number of rotatable bonds is 5. The highest BCUT2D eigenvalue weighted by Gasteiger charge is 2.29. The smallest absolute Gasteiger partial charge is 0.410 e. The molecule has 2 amide bonds. The summed E-state index contributed by atoms with van der Waals surface area (Å²) in [6.07, 6.45) is 3.29. The number of thiophene rings is 1. The summed E-state index contributed by atoms with van der Waals surface area (Å²) in [5, 5.41) is 0. The summed E-state index contributed by atoms with van der Waals surface area (Å²) in [4.78, 5) is 30.2. The van der Waals surface area contributed by atoms with Gasteiger partial charge in [-0.2, -0.15) is 0 Å². The van der Waals surface area contributed by atoms with Gasteiger partial charge in [-0.05, 0) is 64.8 Å². The number of carbonyl (C=O) groups is 2. The number of aromatic nitrogens is 1. The molecule has 3 rings (SSSR count). The Morgan fingerprint density at radius 2 is 1.93 bits per heavy atom. The number of nitrogens with zero attached hydrogens (tertiary/aromatic N) is 3. The summed E-state index contributed by atoms with van der Waals surface area (Å²) < 4.78 is 8.28. The second-order valence-electron chi connectivity index (χ2n) is 8.52. The molecule has 0 radical (unpaired) electrons. The van der Waals surface area contributed by atoms with Crippen molar-refractivity contribution in [2.75, 3.05) is 19.6 Å². The molecule has 2 aromatic heterocycles. The topological polar surface area (TPSA) is 54.8 Å². The summed E-state index contributed by atoms with van der Waals surface area (Å²) in [6.45, 7) is 10.0. The van der Waals surface area contributed by atoms with E-state index in [-0.39, 0.29) is 18.0 Å². The second kappa shape index (κ2) is 9.43. The number of ether oxygens (including phenoxy) is 1. The first kappa shape index (κ1) is 22.7. The van der Waals surface area contributed by atoms with Gasteiger partial charge in [0.05, 0.1) is 10.9 Å². The largest absolute Gasteiger partial charge is 0.444 e. The Kier molecular flexibility index (Phi) is 7.14. The van der Waals surface area contributed by atoms with Gasteiger partial charge in [-0.3, -0.25) is 4.79 Å². The number of amides is 2. The highest BCUT2D eigenvalue weighted by atomic mass is 35.5. The molecule has 0 bridgehead atoms. The Hall–Kier alpha value is -1.99. The van der Waals surface area contributed by atoms with Crippen LogP contribution < -0.4 is 0 Å². The van der Waals surface area contributed by atoms with Crippen molar-refractivity contribution in [3.8, 4) is 0 Å². The molecule has 0 aromatic carbocycles. The zero-order valence-electron chi connectivity index (χ0n) is 18.1. The molecule has 1 aliphatic heterocycles. The van der Waals surface area contributed by atoms with E-state index < -0.39 is 5.60 Å². The van der Waals surface area contributed by atoms with E-state index in [0.29, 0.717) is 31.9 Å². The van der Waals surface area contributed by atoms with Gasteiger partial charge in [-0.25, -0.2) is 4.79 Å². The second-order valence-corrected chi connectivity index (χ2v) is 10.3. The molecule has 3 heterocycles. The molecule has 0 N–H and O–H groups in total. The Morgan fingerprint density at radius 1 is 1.23 bits per heavy atom. The van der Waals surface area contributed by atoms with Crippen molar-refractivity contribution in [1.29, 1.82) is 0 Å². The summed E-state index contributed by atoms with van der Waals surface area (Å²) in [5.74, 6) is 0.0154. The van der Waals surface area contributed by atoms with Crippen molar-refractivity contribution in [2.45, 2.75) is 58.7 Å². The predicted octanol–water partition coefficient (Wildman–Crippen LogP) is 5.44. The molecular formula is C22H30ClN3O3S. The fraction of sp³-hybridized carbons (Fsp3) is 0.545. The Bertz CT molecular complexity index is 878. The highest BCUT2D eigenvalue weighted by Crippen LogP contribution is 2.27. The fourth-order valence-corrected chi connectivity index (χ4v) is 4.76. The monoisotopic (exact) mass is 451 g/mol. The predicted molar refractivity (Wildman–Crippen MR) is 120 cm³/mol. The molecule has 1 fully saturated rings. The van der Waals surface area contributed by atoms with Crippen molar-refractivity contribution in [3.05, 3.63) is 45.4 Å². The Balaban J connectivity index is 1.65. The number of carbonyl (C=O) groups excluding carboxylic acids is 2. The molecule has 2 aromatic rings. The lowest BCUT2D eigenvalue weighted by Gasteiger charge is -2.34. The summed E-state index contributed by atoms with van der Waals surface area (Å²) in [5.41, 5.74) is 0.194. The van der Waals surface area contributed by atoms with Crippen LogP contribution in [0, 0.1) is 0 Å². The van der Waals surface area contributed by atoms with Crippen LogP contribution in [0.5, 0.6) is 0 Å². The van der Waals surface area contributed by atoms with Gasteiger partial charge in [0.2, 0.25) is 0 Å². The third kappa shape index (κ3) is 5.58. The zero-order valence-corrected chi connectivity index (χ0v) is 19.6. The average Bonchev–Trinajstić information content (AvgIpc) is 3.33. The molecule has 30 heavy (non-hydrogen) atoms. The number of hydrogen-bond donors (Lipinski definition) is 0. The van der Waals surface area contributed by atoms with Gasteiger partial charge in [0.25, 0.3) is 5.91 Å². The first-order chi connectivity index (χ1) is 14.2. The summed E-state index contributed by atoms with van der Waals surface area (Å²) in [6, 6.07) is 7.82. The van der Waals surface area contributed by atoms with Crippen LogP contribution in [0.25, 0.3) is 0 Å². The lowest BCUT2D eigenvalue weighted by molar-refractivity contribution is 0.0186. The van der Waals surface area contributed by atoms with E-state index in [9.17, 15) is 9.59 Å². The van der Waals surface area contributed by atoms with Gasteiger partial charge in [0.15, 0.2) is 0 Å². The SMILES string of the molecule is CCN(Cc1ccc(Cl)s1)C(=O)c1cccn1C1CCN(C(=O)OC(C)(C)C)CC1. The van der Waals surface area contributed by atoms with Crippen LogP contribution in [0.2, 0.25) is 4.34 Å². The number of halogens is 1. The maximum Gasteiger partial charge on any atom is 0.410 e. The Labute approximate surface area is 187 Å². The van der Waals surface area contributed by atoms with Crippen molar-refractivity contribution in [3.63, 3.8) is 0 Å². The molecule has 8 heteroatoms. The van der Waals surface area contributed by atoms with E-state index in [2.05, 4.69) is 4.57 Å². The first-order valence-corrected chi connectivity index (χ1v) is 11.6. The van der Waals surface area contributed by atoms with Crippen LogP contribution in [0.15, 0.2) is 30.5 Å². The van der Waals surface area contributed by atoms with Gasteiger partial charge < -0.3 is 19.1 Å². The third-order valence-electron chi connectivity index (χ3n) is 5.15. The fourth-order valence-electron chi connectivity index (χ4n) is 3.66.